The third kappa shape index (κ3) is 5.61. The molecule has 0 aliphatic heterocycles. The van der Waals surface area contributed by atoms with Gasteiger partial charge in [0.2, 0.25) is 11.4 Å². The van der Waals surface area contributed by atoms with E-state index in [1.165, 1.54) is 44.8 Å². The maximum absolute atomic E-state index is 2.27. The average molecular weight is 491 g/mol. The Hall–Kier alpha value is -4.82. The van der Waals surface area contributed by atoms with E-state index in [-0.39, 0.29) is 0 Å². The van der Waals surface area contributed by atoms with Crippen molar-refractivity contribution >= 4 is 0 Å². The van der Waals surface area contributed by atoms with Crippen LogP contribution in [0.25, 0.3) is 22.5 Å². The van der Waals surface area contributed by atoms with E-state index < -0.39 is 0 Å². The van der Waals surface area contributed by atoms with Crippen LogP contribution in [0.15, 0.2) is 158 Å². The fourth-order valence-electron chi connectivity index (χ4n) is 4.90. The summed E-state index contributed by atoms with van der Waals surface area (Å²) in [6, 6.07) is 47.5. The Morgan fingerprint density at radius 1 is 0.342 bits per heavy atom. The van der Waals surface area contributed by atoms with Crippen molar-refractivity contribution in [2.24, 2.45) is 0 Å². The molecule has 0 saturated carbocycles. The van der Waals surface area contributed by atoms with E-state index in [9.17, 15) is 0 Å². The smallest absolute Gasteiger partial charge is 0.167 e. The number of hydrogen-bond acceptors (Lipinski definition) is 0. The highest BCUT2D eigenvalue weighted by atomic mass is 14.9. The lowest BCUT2D eigenvalue weighted by atomic mass is 10.0. The van der Waals surface area contributed by atoms with Gasteiger partial charge in [-0.05, 0) is 46.2 Å². The van der Waals surface area contributed by atoms with Crippen molar-refractivity contribution < 1.29 is 9.13 Å². The minimum Gasteiger partial charge on any atom is -0.167 e. The van der Waals surface area contributed by atoms with E-state index in [1.807, 2.05) is 0 Å². The van der Waals surface area contributed by atoms with Crippen molar-refractivity contribution in [3.05, 3.63) is 181 Å². The summed E-state index contributed by atoms with van der Waals surface area (Å²) in [5.74, 6) is 0. The molecule has 0 fully saturated rings. The highest BCUT2D eigenvalue weighted by molar-refractivity contribution is 5.61. The average Bonchev–Trinajstić information content (AvgIpc) is 2.99. The molecule has 0 spiro atoms. The molecule has 0 bridgehead atoms. The Balaban J connectivity index is 1.17. The first-order valence-corrected chi connectivity index (χ1v) is 13.1. The van der Waals surface area contributed by atoms with Gasteiger partial charge in [0.25, 0.3) is 0 Å². The molecule has 4 aromatic carbocycles. The van der Waals surface area contributed by atoms with Crippen LogP contribution >= 0.6 is 0 Å². The molecule has 0 aliphatic rings. The molecule has 0 N–H and O–H groups in total. The van der Waals surface area contributed by atoms with Gasteiger partial charge in [0, 0.05) is 48.5 Å². The maximum Gasteiger partial charge on any atom is 0.210 e. The summed E-state index contributed by atoms with van der Waals surface area (Å²) in [7, 11) is 0. The van der Waals surface area contributed by atoms with Crippen molar-refractivity contribution in [3.8, 4) is 22.5 Å². The van der Waals surface area contributed by atoms with Gasteiger partial charge in [-0.3, -0.25) is 0 Å². The van der Waals surface area contributed by atoms with Crippen molar-refractivity contribution in [2.45, 2.75) is 12.8 Å². The summed E-state index contributed by atoms with van der Waals surface area (Å²) in [6.45, 7) is 0. The molecule has 0 amide bonds. The molecule has 0 aliphatic carbocycles. The Morgan fingerprint density at radius 3 is 1.11 bits per heavy atom. The Kier molecular flexibility index (Phi) is 6.86. The zero-order valence-corrected chi connectivity index (χ0v) is 21.3. The van der Waals surface area contributed by atoms with Gasteiger partial charge in [0.05, 0.1) is 0 Å². The van der Waals surface area contributed by atoms with Crippen LogP contribution in [0.5, 0.6) is 0 Å². The van der Waals surface area contributed by atoms with Crippen LogP contribution in [-0.4, -0.2) is 0 Å². The molecule has 0 radical (unpaired) electrons. The number of nitrogens with zero attached hydrogens (tertiary/aromatic N) is 2. The lowest BCUT2D eigenvalue weighted by molar-refractivity contribution is -0.596. The molecule has 0 unspecified atom stereocenters. The Morgan fingerprint density at radius 2 is 0.711 bits per heavy atom. The Bertz CT molecular complexity index is 1500. The van der Waals surface area contributed by atoms with Gasteiger partial charge in [-0.2, -0.15) is 9.13 Å². The summed E-state index contributed by atoms with van der Waals surface area (Å²) < 4.78 is 4.36. The van der Waals surface area contributed by atoms with Gasteiger partial charge < -0.3 is 0 Å². The van der Waals surface area contributed by atoms with Gasteiger partial charge in [0.15, 0.2) is 24.8 Å². The third-order valence-corrected chi connectivity index (χ3v) is 6.91. The standard InChI is InChI=1S/C36H30N2/c1-3-9-29(10-4-1)25-31-13-7-15-35(27-31)37-21-17-33(18-22-37)34-19-23-38(24-20-34)36-16-8-14-32(28-36)26-30-11-5-2-6-12-30/h1-24,27-28H,25-26H2/q+2. The summed E-state index contributed by atoms with van der Waals surface area (Å²) in [5.41, 5.74) is 10.0. The zero-order chi connectivity index (χ0) is 25.6. The molecule has 0 saturated heterocycles. The predicted molar refractivity (Wildman–Crippen MR) is 153 cm³/mol. The number of aromatic nitrogens is 2. The summed E-state index contributed by atoms with van der Waals surface area (Å²) in [5, 5.41) is 0. The monoisotopic (exact) mass is 490 g/mol. The van der Waals surface area contributed by atoms with Crippen LogP contribution in [0.1, 0.15) is 22.3 Å². The summed E-state index contributed by atoms with van der Waals surface area (Å²) >= 11 is 0. The molecular formula is C36H30N2+2. The number of hydrogen-bond donors (Lipinski definition) is 0. The van der Waals surface area contributed by atoms with Crippen LogP contribution in [0.4, 0.5) is 0 Å². The van der Waals surface area contributed by atoms with E-state index in [0.29, 0.717) is 0 Å². The van der Waals surface area contributed by atoms with Crippen LogP contribution in [0.2, 0.25) is 0 Å². The second-order valence-electron chi connectivity index (χ2n) is 9.65. The van der Waals surface area contributed by atoms with E-state index in [2.05, 4.69) is 167 Å². The molecule has 2 heteroatoms. The second kappa shape index (κ2) is 11.1. The third-order valence-electron chi connectivity index (χ3n) is 6.91. The van der Waals surface area contributed by atoms with Gasteiger partial charge in [-0.15, -0.1) is 0 Å². The first kappa shape index (κ1) is 23.6. The van der Waals surface area contributed by atoms with E-state index in [0.717, 1.165) is 12.8 Å². The molecule has 0 atom stereocenters. The summed E-state index contributed by atoms with van der Waals surface area (Å²) in [6.07, 6.45) is 10.4. The number of rotatable bonds is 7. The van der Waals surface area contributed by atoms with Gasteiger partial charge >= 0.3 is 0 Å². The highest BCUT2D eigenvalue weighted by Crippen LogP contribution is 2.18. The lowest BCUT2D eigenvalue weighted by Crippen LogP contribution is -2.30. The second-order valence-corrected chi connectivity index (χ2v) is 9.65. The highest BCUT2D eigenvalue weighted by Gasteiger charge is 2.11. The largest absolute Gasteiger partial charge is 0.210 e. The molecule has 2 aromatic heterocycles. The molecule has 38 heavy (non-hydrogen) atoms. The predicted octanol–water partition coefficient (Wildman–Crippen LogP) is 7.09. The lowest BCUT2D eigenvalue weighted by Gasteiger charge is -2.05. The molecule has 2 heterocycles. The Labute approximate surface area is 224 Å². The van der Waals surface area contributed by atoms with Crippen molar-refractivity contribution in [1.82, 2.24) is 0 Å². The minimum atomic E-state index is 0.937. The van der Waals surface area contributed by atoms with Crippen LogP contribution in [0.3, 0.4) is 0 Å². The number of pyridine rings is 2. The van der Waals surface area contributed by atoms with E-state index in [4.69, 9.17) is 0 Å². The maximum atomic E-state index is 2.27. The molecular weight excluding hydrogens is 460 g/mol. The molecule has 6 aromatic rings. The molecule has 2 nitrogen and oxygen atoms in total. The quantitative estimate of drug-likeness (QED) is 0.211. The number of benzene rings is 4. The van der Waals surface area contributed by atoms with Crippen LogP contribution < -0.4 is 9.13 Å². The molecule has 6 rings (SSSR count). The first-order chi connectivity index (χ1) is 18.8. The SMILES string of the molecule is c1ccc(Cc2cccc(-[n+]3ccc(-c4cc[n+](-c5cccc(Cc6ccccc6)c5)cc4)cc3)c2)cc1. The topological polar surface area (TPSA) is 7.76 Å². The van der Waals surface area contributed by atoms with Crippen molar-refractivity contribution in [3.63, 3.8) is 0 Å². The molecule has 182 valence electrons. The van der Waals surface area contributed by atoms with Gasteiger partial charge in [-0.25, -0.2) is 0 Å². The van der Waals surface area contributed by atoms with Gasteiger partial charge in [0.1, 0.15) is 0 Å². The van der Waals surface area contributed by atoms with E-state index in [1.54, 1.807) is 0 Å². The van der Waals surface area contributed by atoms with Crippen molar-refractivity contribution in [2.75, 3.05) is 0 Å². The van der Waals surface area contributed by atoms with Crippen molar-refractivity contribution in [1.29, 1.82) is 0 Å². The minimum absolute atomic E-state index is 0.937. The van der Waals surface area contributed by atoms with Gasteiger partial charge in [-0.1, -0.05) is 84.9 Å². The fourth-order valence-corrected chi connectivity index (χ4v) is 4.90. The fraction of sp³-hybridized carbons (Fsp3) is 0.0556. The van der Waals surface area contributed by atoms with Crippen LogP contribution in [-0.2, 0) is 12.8 Å². The summed E-state index contributed by atoms with van der Waals surface area (Å²) in [4.78, 5) is 0. The van der Waals surface area contributed by atoms with Crippen LogP contribution in [0, 0.1) is 0 Å². The van der Waals surface area contributed by atoms with E-state index >= 15 is 0 Å². The normalized spacial score (nSPS) is 10.8. The zero-order valence-electron chi connectivity index (χ0n) is 21.3. The first-order valence-electron chi connectivity index (χ1n) is 13.1.